The Morgan fingerprint density at radius 3 is 2.64 bits per heavy atom. The van der Waals surface area contributed by atoms with E-state index in [1.165, 1.54) is 6.08 Å². The fraction of sp³-hybridized carbons (Fsp3) is 0.500. The van der Waals surface area contributed by atoms with E-state index in [0.29, 0.717) is 0 Å². The standard InChI is InChI=1S/C6H11O7P/c1-2-3-12-4-5(7)13-14(10,11)6(8)9/h2,5,7H,1,3-4H2,(H,8,9)(H,10,11). The first kappa shape index (κ1) is 13.3. The van der Waals surface area contributed by atoms with Crippen molar-refractivity contribution in [2.45, 2.75) is 6.29 Å². The van der Waals surface area contributed by atoms with Gasteiger partial charge >= 0.3 is 13.3 Å². The second-order valence-corrected chi connectivity index (χ2v) is 3.82. The largest absolute Gasteiger partial charge is 0.472 e. The van der Waals surface area contributed by atoms with E-state index in [4.69, 9.17) is 15.1 Å². The quantitative estimate of drug-likeness (QED) is 0.249. The van der Waals surface area contributed by atoms with Crippen LogP contribution in [-0.2, 0) is 13.8 Å². The minimum Gasteiger partial charge on any atom is -0.472 e. The molecule has 0 aliphatic rings. The predicted molar refractivity (Wildman–Crippen MR) is 46.0 cm³/mol. The third kappa shape index (κ3) is 5.11. The van der Waals surface area contributed by atoms with Crippen LogP contribution in [0.25, 0.3) is 0 Å². The van der Waals surface area contributed by atoms with Crippen molar-refractivity contribution in [2.24, 2.45) is 0 Å². The summed E-state index contributed by atoms with van der Waals surface area (Å²) in [5.41, 5.74) is -2.03. The monoisotopic (exact) mass is 226 g/mol. The molecule has 82 valence electrons. The van der Waals surface area contributed by atoms with Crippen LogP contribution in [0, 0.1) is 0 Å². The van der Waals surface area contributed by atoms with Gasteiger partial charge in [0.1, 0.15) is 0 Å². The van der Waals surface area contributed by atoms with Crippen LogP contribution in [-0.4, -0.2) is 40.3 Å². The van der Waals surface area contributed by atoms with Gasteiger partial charge in [-0.2, -0.15) is 0 Å². The third-order valence-electron chi connectivity index (χ3n) is 1.00. The number of rotatable bonds is 7. The Morgan fingerprint density at radius 2 is 2.21 bits per heavy atom. The van der Waals surface area contributed by atoms with Crippen LogP contribution in [0.4, 0.5) is 4.79 Å². The first-order valence-corrected chi connectivity index (χ1v) is 5.09. The smallest absolute Gasteiger partial charge is 0.438 e. The maximum Gasteiger partial charge on any atom is 0.438 e. The molecule has 8 heteroatoms. The van der Waals surface area contributed by atoms with E-state index in [1.807, 2.05) is 0 Å². The van der Waals surface area contributed by atoms with Crippen LogP contribution < -0.4 is 0 Å². The maximum atomic E-state index is 10.7. The summed E-state index contributed by atoms with van der Waals surface area (Å²) in [6.45, 7) is 3.02. The Hall–Kier alpha value is -0.720. The lowest BCUT2D eigenvalue weighted by Crippen LogP contribution is -2.19. The summed E-state index contributed by atoms with van der Waals surface area (Å²) in [6, 6.07) is 0. The number of carbonyl (C=O) groups is 1. The highest BCUT2D eigenvalue weighted by Gasteiger charge is 2.33. The minimum absolute atomic E-state index is 0.114. The molecular weight excluding hydrogens is 215 g/mol. The summed E-state index contributed by atoms with van der Waals surface area (Å²) in [7, 11) is -4.81. The second-order valence-electron chi connectivity index (χ2n) is 2.19. The molecule has 0 aliphatic heterocycles. The fourth-order valence-electron chi connectivity index (χ4n) is 0.493. The molecule has 0 spiro atoms. The Kier molecular flexibility index (Phi) is 5.59. The van der Waals surface area contributed by atoms with E-state index in [2.05, 4.69) is 15.8 Å². The summed E-state index contributed by atoms with van der Waals surface area (Å²) in [5.74, 6) is 0. The molecule has 0 fully saturated rings. The summed E-state index contributed by atoms with van der Waals surface area (Å²) >= 11 is 0. The molecule has 0 aliphatic carbocycles. The molecule has 14 heavy (non-hydrogen) atoms. The average molecular weight is 226 g/mol. The van der Waals surface area contributed by atoms with Crippen molar-refractivity contribution < 1.29 is 33.7 Å². The molecule has 0 heterocycles. The molecule has 0 aromatic rings. The van der Waals surface area contributed by atoms with Crippen molar-refractivity contribution in [1.82, 2.24) is 0 Å². The van der Waals surface area contributed by atoms with E-state index in [-0.39, 0.29) is 6.61 Å². The van der Waals surface area contributed by atoms with Crippen molar-refractivity contribution in [3.05, 3.63) is 12.7 Å². The predicted octanol–water partition coefficient (Wildman–Crippen LogP) is 0.387. The van der Waals surface area contributed by atoms with E-state index >= 15 is 0 Å². The van der Waals surface area contributed by atoms with Crippen LogP contribution in [0.1, 0.15) is 0 Å². The van der Waals surface area contributed by atoms with Gasteiger partial charge in [-0.15, -0.1) is 6.58 Å². The summed E-state index contributed by atoms with van der Waals surface area (Å²) in [4.78, 5) is 18.7. The molecule has 2 atom stereocenters. The van der Waals surface area contributed by atoms with Gasteiger partial charge in [-0.3, -0.25) is 4.52 Å². The van der Waals surface area contributed by atoms with Crippen LogP contribution in [0.5, 0.6) is 0 Å². The normalized spacial score (nSPS) is 17.0. The highest BCUT2D eigenvalue weighted by atomic mass is 31.2. The van der Waals surface area contributed by atoms with Crippen molar-refractivity contribution in [3.8, 4) is 0 Å². The van der Waals surface area contributed by atoms with Crippen molar-refractivity contribution in [2.75, 3.05) is 13.2 Å². The van der Waals surface area contributed by atoms with Crippen LogP contribution >= 0.6 is 7.60 Å². The molecular formula is C6H11O7P. The number of carboxylic acid groups (broad SMARTS) is 1. The summed E-state index contributed by atoms with van der Waals surface area (Å²) < 4.78 is 19.3. The number of aliphatic hydroxyl groups excluding tert-OH is 1. The van der Waals surface area contributed by atoms with Crippen LogP contribution in [0.3, 0.4) is 0 Å². The lowest BCUT2D eigenvalue weighted by Gasteiger charge is -2.13. The molecule has 0 aromatic heterocycles. The Balaban J connectivity index is 3.93. The van der Waals surface area contributed by atoms with Gasteiger partial charge in [0.15, 0.2) is 6.29 Å². The highest BCUT2D eigenvalue weighted by molar-refractivity contribution is 7.70. The Morgan fingerprint density at radius 1 is 1.64 bits per heavy atom. The van der Waals surface area contributed by atoms with Gasteiger partial charge in [-0.05, 0) is 0 Å². The zero-order valence-electron chi connectivity index (χ0n) is 7.20. The van der Waals surface area contributed by atoms with Gasteiger partial charge in [-0.25, -0.2) is 9.36 Å². The van der Waals surface area contributed by atoms with Gasteiger partial charge in [0.05, 0.1) is 13.2 Å². The zero-order valence-corrected chi connectivity index (χ0v) is 8.09. The van der Waals surface area contributed by atoms with E-state index in [9.17, 15) is 9.36 Å². The second kappa shape index (κ2) is 5.90. The van der Waals surface area contributed by atoms with E-state index in [1.54, 1.807) is 0 Å². The number of hydrogen-bond donors (Lipinski definition) is 3. The van der Waals surface area contributed by atoms with Crippen LogP contribution in [0.15, 0.2) is 12.7 Å². The molecule has 0 saturated heterocycles. The number of ether oxygens (including phenoxy) is 1. The molecule has 3 N–H and O–H groups in total. The van der Waals surface area contributed by atoms with E-state index < -0.39 is 26.2 Å². The Bertz CT molecular complexity index is 251. The van der Waals surface area contributed by atoms with E-state index in [0.717, 1.165) is 0 Å². The van der Waals surface area contributed by atoms with Crippen molar-refractivity contribution in [3.63, 3.8) is 0 Å². The average Bonchev–Trinajstić information content (AvgIpc) is 2.03. The zero-order chi connectivity index (χ0) is 11.2. The summed E-state index contributed by atoms with van der Waals surface area (Å²) in [6.07, 6.45) is -0.371. The Labute approximate surface area is 80.1 Å². The molecule has 0 aromatic carbocycles. The molecule has 7 nitrogen and oxygen atoms in total. The maximum absolute atomic E-state index is 10.7. The van der Waals surface area contributed by atoms with Gasteiger partial charge < -0.3 is 19.8 Å². The molecule has 0 saturated carbocycles. The van der Waals surface area contributed by atoms with Crippen LogP contribution in [0.2, 0.25) is 0 Å². The fourth-order valence-corrected chi connectivity index (χ4v) is 0.974. The molecule has 2 unspecified atom stereocenters. The first-order valence-electron chi connectivity index (χ1n) is 3.51. The highest BCUT2D eigenvalue weighted by Crippen LogP contribution is 2.43. The SMILES string of the molecule is C=CCOCC(O)OP(=O)(O)C(=O)O. The number of aliphatic hydroxyl groups is 1. The molecule has 0 radical (unpaired) electrons. The lowest BCUT2D eigenvalue weighted by molar-refractivity contribution is -0.0761. The van der Waals surface area contributed by atoms with Crippen molar-refractivity contribution >= 4 is 13.3 Å². The van der Waals surface area contributed by atoms with Crippen molar-refractivity contribution in [1.29, 1.82) is 0 Å². The van der Waals surface area contributed by atoms with Gasteiger partial charge in [0.2, 0.25) is 0 Å². The van der Waals surface area contributed by atoms with Gasteiger partial charge in [0.25, 0.3) is 0 Å². The first-order chi connectivity index (χ1) is 6.40. The summed E-state index contributed by atoms with van der Waals surface area (Å²) in [5, 5.41) is 17.0. The van der Waals surface area contributed by atoms with Gasteiger partial charge in [-0.1, -0.05) is 6.08 Å². The minimum atomic E-state index is -4.81. The molecule has 0 amide bonds. The number of hydrogen-bond acceptors (Lipinski definition) is 5. The third-order valence-corrected chi connectivity index (χ3v) is 2.01. The molecule has 0 rings (SSSR count). The topological polar surface area (TPSA) is 113 Å². The lowest BCUT2D eigenvalue weighted by atomic mass is 10.6. The van der Waals surface area contributed by atoms with Gasteiger partial charge in [0, 0.05) is 0 Å². The molecule has 0 bridgehead atoms.